The highest BCUT2D eigenvalue weighted by Gasteiger charge is 2.20. The summed E-state index contributed by atoms with van der Waals surface area (Å²) in [5, 5.41) is 0. The van der Waals surface area contributed by atoms with Crippen molar-refractivity contribution in [1.29, 1.82) is 0 Å². The van der Waals surface area contributed by atoms with Gasteiger partial charge < -0.3 is 5.73 Å². The summed E-state index contributed by atoms with van der Waals surface area (Å²) in [6, 6.07) is 18.7. The average Bonchev–Trinajstić information content (AvgIpc) is 2.68. The lowest BCUT2D eigenvalue weighted by molar-refractivity contribution is 0.399. The normalized spacial score (nSPS) is 17.3. The summed E-state index contributed by atoms with van der Waals surface area (Å²) in [5.41, 5.74) is 13.1. The zero-order valence-corrected chi connectivity index (χ0v) is 15.3. The zero-order chi connectivity index (χ0) is 17.6. The van der Waals surface area contributed by atoms with E-state index in [-0.39, 0.29) is 0 Å². The van der Waals surface area contributed by atoms with Crippen molar-refractivity contribution in [2.45, 2.75) is 46.0 Å². The lowest BCUT2D eigenvalue weighted by Gasteiger charge is -2.24. The van der Waals surface area contributed by atoms with Crippen molar-refractivity contribution < 1.29 is 0 Å². The minimum absolute atomic E-state index is 0.501. The van der Waals surface area contributed by atoms with Gasteiger partial charge in [-0.1, -0.05) is 67.3 Å². The number of benzene rings is 2. The van der Waals surface area contributed by atoms with Crippen LogP contribution in [0.2, 0.25) is 0 Å². The lowest BCUT2D eigenvalue weighted by atomic mass is 9.84. The number of nitrogens with two attached hydrogens (primary N) is 1. The van der Waals surface area contributed by atoms with E-state index in [1.165, 1.54) is 37.7 Å². The second kappa shape index (κ2) is 8.15. The fourth-order valence-corrected chi connectivity index (χ4v) is 3.57. The van der Waals surface area contributed by atoms with Crippen LogP contribution >= 0.6 is 0 Å². The van der Waals surface area contributed by atoms with E-state index in [0.717, 1.165) is 28.2 Å². The summed E-state index contributed by atoms with van der Waals surface area (Å²) in [5.74, 6) is 0.501. The third-order valence-corrected chi connectivity index (χ3v) is 5.16. The lowest BCUT2D eigenvalue weighted by Crippen LogP contribution is -2.20. The quantitative estimate of drug-likeness (QED) is 0.692. The molecule has 0 heterocycles. The number of rotatable bonds is 4. The Morgan fingerprint density at radius 2 is 1.56 bits per heavy atom. The fourth-order valence-electron chi connectivity index (χ4n) is 3.57. The van der Waals surface area contributed by atoms with Gasteiger partial charge in [-0.05, 0) is 50.3 Å². The molecule has 25 heavy (non-hydrogen) atoms. The molecule has 0 saturated heterocycles. The molecule has 0 amide bonds. The monoisotopic (exact) mass is 332 g/mol. The highest BCUT2D eigenvalue weighted by atomic mass is 14.8. The Morgan fingerprint density at radius 3 is 2.20 bits per heavy atom. The molecule has 1 saturated carbocycles. The van der Waals surface area contributed by atoms with E-state index in [4.69, 9.17) is 10.7 Å². The summed E-state index contributed by atoms with van der Waals surface area (Å²) >= 11 is 0. The van der Waals surface area contributed by atoms with Crippen molar-refractivity contribution >= 4 is 11.4 Å². The first-order chi connectivity index (χ1) is 12.1. The molecule has 130 valence electrons. The van der Waals surface area contributed by atoms with Crippen molar-refractivity contribution in [3.63, 3.8) is 0 Å². The predicted molar refractivity (Wildman–Crippen MR) is 107 cm³/mol. The van der Waals surface area contributed by atoms with E-state index in [0.29, 0.717) is 5.92 Å². The van der Waals surface area contributed by atoms with Crippen LogP contribution < -0.4 is 5.73 Å². The number of allylic oxidation sites excluding steroid dienone is 2. The molecule has 0 bridgehead atoms. The number of hydrogen-bond acceptors (Lipinski definition) is 2. The molecule has 1 aliphatic carbocycles. The molecule has 0 aromatic heterocycles. The van der Waals surface area contributed by atoms with E-state index in [2.05, 4.69) is 62.4 Å². The van der Waals surface area contributed by atoms with Gasteiger partial charge in [0.15, 0.2) is 0 Å². The van der Waals surface area contributed by atoms with Gasteiger partial charge in [-0.3, -0.25) is 0 Å². The van der Waals surface area contributed by atoms with Crippen LogP contribution in [0, 0.1) is 12.8 Å². The van der Waals surface area contributed by atoms with Crippen LogP contribution in [0.5, 0.6) is 0 Å². The molecule has 1 aliphatic rings. The third-order valence-electron chi connectivity index (χ3n) is 5.16. The maximum absolute atomic E-state index is 6.61. The van der Waals surface area contributed by atoms with Crippen LogP contribution in [-0.2, 0) is 0 Å². The van der Waals surface area contributed by atoms with E-state index >= 15 is 0 Å². The number of nitrogens with zero attached hydrogens (tertiary/aromatic N) is 1. The molecule has 2 N–H and O–H groups in total. The number of aryl methyl sites for hydroxylation is 1. The highest BCUT2D eigenvalue weighted by Crippen LogP contribution is 2.30. The molecule has 2 nitrogen and oxygen atoms in total. The van der Waals surface area contributed by atoms with Gasteiger partial charge in [0.2, 0.25) is 0 Å². The molecule has 0 spiro atoms. The average molecular weight is 332 g/mol. The van der Waals surface area contributed by atoms with Crippen LogP contribution in [-0.4, -0.2) is 5.71 Å². The van der Waals surface area contributed by atoms with E-state index < -0.39 is 0 Å². The van der Waals surface area contributed by atoms with Gasteiger partial charge in [0.1, 0.15) is 0 Å². The first-order valence-electron chi connectivity index (χ1n) is 9.32. The van der Waals surface area contributed by atoms with Gasteiger partial charge in [0, 0.05) is 11.3 Å². The Kier molecular flexibility index (Phi) is 5.70. The van der Waals surface area contributed by atoms with Crippen LogP contribution in [0.15, 0.2) is 70.9 Å². The van der Waals surface area contributed by atoms with Gasteiger partial charge in [-0.25, -0.2) is 4.99 Å². The number of aliphatic imine (C=N–C) groups is 1. The van der Waals surface area contributed by atoms with Gasteiger partial charge >= 0.3 is 0 Å². The molecule has 2 heteroatoms. The summed E-state index contributed by atoms with van der Waals surface area (Å²) in [7, 11) is 0. The van der Waals surface area contributed by atoms with Crippen LogP contribution in [0.3, 0.4) is 0 Å². The minimum Gasteiger partial charge on any atom is -0.402 e. The van der Waals surface area contributed by atoms with Crippen LogP contribution in [0.4, 0.5) is 5.69 Å². The molecule has 1 fully saturated rings. The molecule has 0 aliphatic heterocycles. The van der Waals surface area contributed by atoms with Gasteiger partial charge in [0.25, 0.3) is 0 Å². The standard InChI is InChI=1S/C23H28N2/c1-17-13-15-21(16-14-17)25-23(20-11-7-4-8-12-20)18(2)22(24)19-9-5-3-6-10-19/h4,7-8,11-16,19H,3,5-6,9-10,24H2,1-2H3/b22-18-,25-23?. The highest BCUT2D eigenvalue weighted by molar-refractivity contribution is 6.13. The summed E-state index contributed by atoms with van der Waals surface area (Å²) < 4.78 is 0. The van der Waals surface area contributed by atoms with Gasteiger partial charge in [-0.15, -0.1) is 0 Å². The molecule has 0 unspecified atom stereocenters. The van der Waals surface area contributed by atoms with Crippen molar-refractivity contribution in [2.24, 2.45) is 16.6 Å². The summed E-state index contributed by atoms with van der Waals surface area (Å²) in [6.45, 7) is 4.22. The largest absolute Gasteiger partial charge is 0.402 e. The van der Waals surface area contributed by atoms with Crippen LogP contribution in [0.25, 0.3) is 0 Å². The molecule has 0 atom stereocenters. The van der Waals surface area contributed by atoms with Crippen molar-refractivity contribution in [3.05, 3.63) is 77.0 Å². The molecular formula is C23H28N2. The molecule has 2 aromatic carbocycles. The van der Waals surface area contributed by atoms with Crippen LogP contribution in [0.1, 0.15) is 50.2 Å². The third kappa shape index (κ3) is 4.39. The number of hydrogen-bond donors (Lipinski definition) is 1. The van der Waals surface area contributed by atoms with Crippen molar-refractivity contribution in [2.75, 3.05) is 0 Å². The zero-order valence-electron chi connectivity index (χ0n) is 15.3. The molecule has 0 radical (unpaired) electrons. The first-order valence-corrected chi connectivity index (χ1v) is 9.32. The maximum atomic E-state index is 6.61. The first kappa shape index (κ1) is 17.5. The predicted octanol–water partition coefficient (Wildman–Crippen LogP) is 5.93. The Morgan fingerprint density at radius 1 is 0.920 bits per heavy atom. The SMILES string of the molecule is C/C(C(=Nc1ccc(C)cc1)c1ccccc1)=C(/N)C1CCCCC1. The second-order valence-electron chi connectivity index (χ2n) is 7.08. The van der Waals surface area contributed by atoms with Gasteiger partial charge in [-0.2, -0.15) is 0 Å². The molecule has 3 rings (SSSR count). The molecular weight excluding hydrogens is 304 g/mol. The Bertz CT molecular complexity index is 748. The van der Waals surface area contributed by atoms with Crippen molar-refractivity contribution in [1.82, 2.24) is 0 Å². The second-order valence-corrected chi connectivity index (χ2v) is 7.08. The summed E-state index contributed by atoms with van der Waals surface area (Å²) in [6.07, 6.45) is 6.32. The Labute approximate surface area is 151 Å². The Balaban J connectivity index is 2.03. The maximum Gasteiger partial charge on any atom is 0.0755 e. The molecule has 2 aromatic rings. The topological polar surface area (TPSA) is 38.4 Å². The minimum atomic E-state index is 0.501. The van der Waals surface area contributed by atoms with E-state index in [1.54, 1.807) is 0 Å². The van der Waals surface area contributed by atoms with E-state index in [9.17, 15) is 0 Å². The fraction of sp³-hybridized carbons (Fsp3) is 0.348. The van der Waals surface area contributed by atoms with Crippen molar-refractivity contribution in [3.8, 4) is 0 Å². The van der Waals surface area contributed by atoms with Gasteiger partial charge in [0.05, 0.1) is 11.4 Å². The Hall–Kier alpha value is -2.35. The smallest absolute Gasteiger partial charge is 0.0755 e. The van der Waals surface area contributed by atoms with E-state index in [1.807, 2.05) is 6.07 Å². The summed E-state index contributed by atoms with van der Waals surface area (Å²) in [4.78, 5) is 4.96.